The van der Waals surface area contributed by atoms with Crippen molar-refractivity contribution in [3.8, 4) is 0 Å². The fourth-order valence-electron chi connectivity index (χ4n) is 14.1. The molecule has 9 aromatic carbocycles. The number of para-hydroxylation sites is 5. The molecule has 17 aromatic rings. The van der Waals surface area contributed by atoms with Gasteiger partial charge in [0.05, 0.1) is 62.4 Å². The number of nitrogens with one attached hydrogen (secondary N) is 2. The summed E-state index contributed by atoms with van der Waals surface area (Å²) in [7, 11) is 0. The minimum Gasteiger partial charge on any atom is -0.354 e. The number of imidazole rings is 1. The first-order valence-corrected chi connectivity index (χ1v) is 28.8. The Morgan fingerprint density at radius 3 is 1.94 bits per heavy atom. The van der Waals surface area contributed by atoms with Crippen molar-refractivity contribution >= 4 is 131 Å². The molecule has 2 unspecified atom stereocenters. The molecule has 11 heteroatoms. The van der Waals surface area contributed by atoms with Crippen molar-refractivity contribution < 1.29 is 0 Å². The highest BCUT2D eigenvalue weighted by Gasteiger charge is 2.57. The van der Waals surface area contributed by atoms with Crippen molar-refractivity contribution in [2.45, 2.75) is 11.3 Å². The van der Waals surface area contributed by atoms with Gasteiger partial charge in [0.1, 0.15) is 5.52 Å². The van der Waals surface area contributed by atoms with Gasteiger partial charge < -0.3 is 9.97 Å². The first kappa shape index (κ1) is 47.9. The smallest absolute Gasteiger partial charge is 0.181 e. The lowest BCUT2D eigenvalue weighted by atomic mass is 9.52. The molecule has 86 heavy (non-hydrogen) atoms. The molecule has 0 radical (unpaired) electrons. The lowest BCUT2D eigenvalue weighted by Crippen LogP contribution is -2.42. The molecular weight excluding hydrogens is 1050 g/mol. The summed E-state index contributed by atoms with van der Waals surface area (Å²) in [5.41, 5.74) is 13.2. The normalized spacial score (nSPS) is 15.7. The van der Waals surface area contributed by atoms with E-state index in [0.717, 1.165) is 137 Å². The van der Waals surface area contributed by atoms with Gasteiger partial charge in [0.15, 0.2) is 17.3 Å². The van der Waals surface area contributed by atoms with E-state index in [9.17, 15) is 0 Å². The van der Waals surface area contributed by atoms with E-state index in [2.05, 4.69) is 222 Å². The van der Waals surface area contributed by atoms with Crippen LogP contribution in [0.1, 0.15) is 45.6 Å². The summed E-state index contributed by atoms with van der Waals surface area (Å²) in [6.45, 7) is 0. The molecule has 0 aliphatic heterocycles. The van der Waals surface area contributed by atoms with Crippen LogP contribution < -0.4 is 0 Å². The first-order valence-electron chi connectivity index (χ1n) is 28.8. The van der Waals surface area contributed by atoms with Crippen molar-refractivity contribution in [3.63, 3.8) is 0 Å². The highest BCUT2D eigenvalue weighted by molar-refractivity contribution is 6.29. The number of nitrogens with zero attached hydrogens (tertiary/aromatic N) is 9. The molecule has 0 saturated carbocycles. The summed E-state index contributed by atoms with van der Waals surface area (Å²) in [5.74, 6) is 0.118. The summed E-state index contributed by atoms with van der Waals surface area (Å²) in [6.07, 6.45) is 9.36. The van der Waals surface area contributed by atoms with Gasteiger partial charge in [-0.25, -0.2) is 29.9 Å². The Kier molecular flexibility index (Phi) is 10.4. The second kappa shape index (κ2) is 18.7. The third-order valence-corrected chi connectivity index (χ3v) is 17.7. The van der Waals surface area contributed by atoms with E-state index in [1.54, 1.807) is 6.33 Å². The summed E-state index contributed by atoms with van der Waals surface area (Å²) < 4.78 is 0. The quantitative estimate of drug-likeness (QED) is 0.118. The van der Waals surface area contributed by atoms with Crippen LogP contribution >= 0.6 is 0 Å². The van der Waals surface area contributed by atoms with Crippen molar-refractivity contribution in [1.29, 1.82) is 0 Å². The maximum atomic E-state index is 6.11. The van der Waals surface area contributed by atoms with Gasteiger partial charge in [0.25, 0.3) is 0 Å². The van der Waals surface area contributed by atoms with Crippen molar-refractivity contribution in [2.75, 3.05) is 0 Å². The summed E-state index contributed by atoms with van der Waals surface area (Å²) in [5, 5.41) is 10.9. The molecule has 0 saturated heterocycles. The Labute approximate surface area is 490 Å². The predicted octanol–water partition coefficient (Wildman–Crippen LogP) is 16.7. The molecule has 18 rings (SSSR count). The van der Waals surface area contributed by atoms with Crippen LogP contribution in [0.3, 0.4) is 0 Å². The standard InChI is InChI=1S/C75H45N11/c1-7-22-49-43(16-1)36-37-76-71(49)69-67(74-79-41-62-72(86-74)81-42-80-62)66(73-78-40-47-20-5-11-30-58(47)85-73)65(53-26-13-25-52-50-23-8-12-31-59(50)84-70(52)53)68(51-24-14-32-60-54(51)38-45-18-4-10-29-57(45)82-60)75(69,63-35-34-44-17-3-9-28-56(44)83-63)55-27-15-33-61-64(55)48-21-6-2-19-46(48)39-77-61/h1-42,68,84H,(H,79,80,81,86). The molecular formula is C75H45N11. The molecule has 0 fully saturated rings. The Morgan fingerprint density at radius 2 is 1.06 bits per heavy atom. The summed E-state index contributed by atoms with van der Waals surface area (Å²) >= 11 is 0. The number of aromatic amines is 2. The molecule has 8 heterocycles. The molecule has 0 spiro atoms. The van der Waals surface area contributed by atoms with Crippen LogP contribution in [0.5, 0.6) is 0 Å². The highest BCUT2D eigenvalue weighted by Crippen LogP contribution is 2.67. The molecule has 0 bridgehead atoms. The van der Waals surface area contributed by atoms with E-state index >= 15 is 0 Å². The van der Waals surface area contributed by atoms with Crippen molar-refractivity contribution in [2.24, 2.45) is 0 Å². The van der Waals surface area contributed by atoms with Gasteiger partial charge in [-0.1, -0.05) is 170 Å². The van der Waals surface area contributed by atoms with E-state index in [-0.39, 0.29) is 0 Å². The lowest BCUT2D eigenvalue weighted by Gasteiger charge is -2.49. The van der Waals surface area contributed by atoms with Crippen LogP contribution in [0.15, 0.2) is 256 Å². The van der Waals surface area contributed by atoms with E-state index in [4.69, 9.17) is 44.9 Å². The molecule has 0 amide bonds. The molecule has 1 aliphatic carbocycles. The maximum Gasteiger partial charge on any atom is 0.181 e. The fraction of sp³-hybridized carbons (Fsp3) is 0.0267. The predicted molar refractivity (Wildman–Crippen MR) is 346 cm³/mol. The second-order valence-corrected chi connectivity index (χ2v) is 22.2. The molecule has 11 nitrogen and oxygen atoms in total. The number of hydrogen-bond donors (Lipinski definition) is 2. The van der Waals surface area contributed by atoms with Gasteiger partial charge in [-0.2, -0.15) is 0 Å². The molecule has 400 valence electrons. The zero-order valence-electron chi connectivity index (χ0n) is 45.9. The zero-order chi connectivity index (χ0) is 56.5. The third kappa shape index (κ3) is 7.05. The number of benzene rings is 9. The van der Waals surface area contributed by atoms with Gasteiger partial charge in [0, 0.05) is 101 Å². The average molecular weight is 1100 g/mol. The minimum atomic E-state index is -1.45. The topological polar surface area (TPSA) is 148 Å². The van der Waals surface area contributed by atoms with Crippen LogP contribution in [0.2, 0.25) is 0 Å². The van der Waals surface area contributed by atoms with Gasteiger partial charge in [0.2, 0.25) is 0 Å². The van der Waals surface area contributed by atoms with Crippen LogP contribution in [0, 0.1) is 0 Å². The van der Waals surface area contributed by atoms with Crippen molar-refractivity contribution in [1.82, 2.24) is 54.8 Å². The number of aromatic nitrogens is 11. The van der Waals surface area contributed by atoms with E-state index in [0.29, 0.717) is 34.1 Å². The molecule has 2 N–H and O–H groups in total. The fourth-order valence-corrected chi connectivity index (χ4v) is 14.1. The first-order chi connectivity index (χ1) is 42.6. The maximum absolute atomic E-state index is 6.11. The summed E-state index contributed by atoms with van der Waals surface area (Å²) in [6, 6.07) is 79.3. The number of H-pyrrole nitrogens is 2. The number of rotatable bonds is 7. The monoisotopic (exact) mass is 1100 g/mol. The van der Waals surface area contributed by atoms with E-state index in [1.807, 2.05) is 36.9 Å². The Bertz CT molecular complexity index is 5780. The lowest BCUT2D eigenvalue weighted by molar-refractivity contribution is 0.589. The van der Waals surface area contributed by atoms with Gasteiger partial charge in [-0.15, -0.1) is 0 Å². The van der Waals surface area contributed by atoms with Crippen LogP contribution in [0.25, 0.3) is 131 Å². The van der Waals surface area contributed by atoms with Crippen LogP contribution in [0.4, 0.5) is 0 Å². The highest BCUT2D eigenvalue weighted by atomic mass is 15.0. The van der Waals surface area contributed by atoms with Gasteiger partial charge in [-0.3, -0.25) is 15.0 Å². The molecule has 2 atom stereocenters. The summed E-state index contributed by atoms with van der Waals surface area (Å²) in [4.78, 5) is 57.3. The third-order valence-electron chi connectivity index (χ3n) is 17.7. The van der Waals surface area contributed by atoms with E-state index < -0.39 is 11.3 Å². The number of hydrogen-bond acceptors (Lipinski definition) is 9. The van der Waals surface area contributed by atoms with Gasteiger partial charge in [-0.05, 0) is 82.1 Å². The molecule has 1 aliphatic rings. The van der Waals surface area contributed by atoms with Crippen LogP contribution in [-0.2, 0) is 5.41 Å². The van der Waals surface area contributed by atoms with Crippen LogP contribution in [-0.4, -0.2) is 54.8 Å². The Hall–Kier alpha value is -11.7. The number of allylic oxidation sites excluding steroid dienone is 4. The van der Waals surface area contributed by atoms with E-state index in [1.165, 1.54) is 0 Å². The zero-order valence-corrected chi connectivity index (χ0v) is 45.9. The number of pyridine rings is 4. The van der Waals surface area contributed by atoms with Crippen molar-refractivity contribution in [3.05, 3.63) is 295 Å². The molecule has 8 aromatic heterocycles. The minimum absolute atomic E-state index is 0.403. The Balaban J connectivity index is 1.19. The largest absolute Gasteiger partial charge is 0.354 e. The average Bonchev–Trinajstić information content (AvgIpc) is 0.805. The Morgan fingerprint density at radius 1 is 0.395 bits per heavy atom. The SMILES string of the molecule is c1ccc2nc(C3(c4cccc5ncc6ccccc6c45)C(c4nccc5ccccc45)=C(c4ncc5[nH]cnc5n4)C(c4ncc5ccccc5n4)=C(c4cccc5c4[nH]c4ccccc45)C3c3cccc4nc5ccccc5cc34)ccc2c1. The van der Waals surface area contributed by atoms with Gasteiger partial charge >= 0.3 is 0 Å². The number of fused-ring (bicyclic) bond motifs is 12. The second-order valence-electron chi connectivity index (χ2n) is 22.2.